The first kappa shape index (κ1) is 10.6. The van der Waals surface area contributed by atoms with E-state index in [0.717, 1.165) is 11.3 Å². The Labute approximate surface area is 90.1 Å². The summed E-state index contributed by atoms with van der Waals surface area (Å²) in [7, 11) is 0. The average molecular weight is 207 g/mol. The number of fused-ring (bicyclic) bond motifs is 1. The summed E-state index contributed by atoms with van der Waals surface area (Å²) in [5.74, 6) is -1.23. The molecule has 0 amide bonds. The van der Waals surface area contributed by atoms with Crippen molar-refractivity contribution >= 4 is 0 Å². The van der Waals surface area contributed by atoms with Crippen LogP contribution in [0.3, 0.4) is 0 Å². The Morgan fingerprint density at radius 2 is 2.07 bits per heavy atom. The summed E-state index contributed by atoms with van der Waals surface area (Å²) in [5, 5.41) is 9.95. The number of rotatable bonds is 0. The summed E-state index contributed by atoms with van der Waals surface area (Å²) in [5.41, 5.74) is 2.61. The van der Waals surface area contributed by atoms with Gasteiger partial charge in [-0.3, -0.25) is 4.98 Å². The van der Waals surface area contributed by atoms with Crippen LogP contribution < -0.4 is 0 Å². The Kier molecular flexibility index (Phi) is 2.14. The molecule has 15 heavy (non-hydrogen) atoms. The Bertz CT molecular complexity index is 391. The highest BCUT2D eigenvalue weighted by Gasteiger charge is 2.35. The Hall–Kier alpha value is -0.930. The normalized spacial score (nSPS) is 25.4. The molecule has 0 saturated heterocycles. The van der Waals surface area contributed by atoms with E-state index in [9.17, 15) is 5.11 Å². The molecule has 0 radical (unpaired) electrons. The predicted molar refractivity (Wildman–Crippen MR) is 57.3 cm³/mol. The van der Waals surface area contributed by atoms with Crippen LogP contribution in [0.4, 0.5) is 0 Å². The summed E-state index contributed by atoms with van der Waals surface area (Å²) in [6.07, 6.45) is 0. The molecule has 1 atom stereocenters. The third-order valence-corrected chi connectivity index (χ3v) is 2.70. The number of hydrogen-bond donors (Lipinski definition) is 1. The molecule has 0 saturated carbocycles. The highest BCUT2D eigenvalue weighted by molar-refractivity contribution is 5.30. The molecule has 2 rings (SSSR count). The largest absolute Gasteiger partial charge is 0.361 e. The zero-order chi connectivity index (χ0) is 11.3. The van der Waals surface area contributed by atoms with Crippen molar-refractivity contribution in [3.63, 3.8) is 0 Å². The lowest BCUT2D eigenvalue weighted by molar-refractivity contribution is -0.191. The van der Waals surface area contributed by atoms with Crippen molar-refractivity contribution in [2.75, 3.05) is 0 Å². The fraction of sp³-hybridized carbons (Fsp3) is 0.583. The van der Waals surface area contributed by atoms with Gasteiger partial charge in [0.1, 0.15) is 5.69 Å². The van der Waals surface area contributed by atoms with Crippen LogP contribution in [0.2, 0.25) is 0 Å². The molecular weight excluding hydrogens is 190 g/mol. The van der Waals surface area contributed by atoms with Gasteiger partial charge in [-0.15, -0.1) is 0 Å². The topological polar surface area (TPSA) is 42.4 Å². The van der Waals surface area contributed by atoms with E-state index in [2.05, 4.69) is 25.8 Å². The van der Waals surface area contributed by atoms with Gasteiger partial charge in [0, 0.05) is 16.7 Å². The molecule has 1 N–H and O–H groups in total. The summed E-state index contributed by atoms with van der Waals surface area (Å²) >= 11 is 0. The van der Waals surface area contributed by atoms with E-state index in [1.54, 1.807) is 6.92 Å². The standard InChI is InChI=1S/C12H17NO2/c1-11(2,3)9-6-5-8-7-15-12(4,14)10(8)13-9/h5-6,14H,7H2,1-4H3. The third-order valence-electron chi connectivity index (χ3n) is 2.70. The molecule has 2 heterocycles. The summed E-state index contributed by atoms with van der Waals surface area (Å²) in [6, 6.07) is 3.99. The lowest BCUT2D eigenvalue weighted by Gasteiger charge is -2.21. The highest BCUT2D eigenvalue weighted by Crippen LogP contribution is 2.34. The van der Waals surface area contributed by atoms with Crippen molar-refractivity contribution in [3.8, 4) is 0 Å². The van der Waals surface area contributed by atoms with Gasteiger partial charge < -0.3 is 9.84 Å². The molecule has 0 fully saturated rings. The lowest BCUT2D eigenvalue weighted by atomic mass is 9.91. The Balaban J connectivity index is 2.51. The maximum absolute atomic E-state index is 9.95. The summed E-state index contributed by atoms with van der Waals surface area (Å²) < 4.78 is 5.27. The number of aliphatic hydroxyl groups is 1. The average Bonchev–Trinajstić information content (AvgIpc) is 2.41. The number of aromatic nitrogens is 1. The Morgan fingerprint density at radius 3 is 2.67 bits per heavy atom. The van der Waals surface area contributed by atoms with Crippen LogP contribution in [0, 0.1) is 0 Å². The van der Waals surface area contributed by atoms with Gasteiger partial charge in [-0.2, -0.15) is 0 Å². The lowest BCUT2D eigenvalue weighted by Crippen LogP contribution is -2.23. The molecule has 3 heteroatoms. The van der Waals surface area contributed by atoms with Gasteiger partial charge in [-0.05, 0) is 13.0 Å². The number of nitrogens with zero attached hydrogens (tertiary/aromatic N) is 1. The van der Waals surface area contributed by atoms with Crippen LogP contribution in [-0.4, -0.2) is 10.1 Å². The van der Waals surface area contributed by atoms with Gasteiger partial charge in [0.15, 0.2) is 0 Å². The van der Waals surface area contributed by atoms with Crippen LogP contribution >= 0.6 is 0 Å². The van der Waals surface area contributed by atoms with Crippen LogP contribution in [0.5, 0.6) is 0 Å². The van der Waals surface area contributed by atoms with Gasteiger partial charge in [0.2, 0.25) is 5.79 Å². The molecule has 1 aromatic heterocycles. The minimum Gasteiger partial charge on any atom is -0.361 e. The van der Waals surface area contributed by atoms with Crippen LogP contribution in [0.25, 0.3) is 0 Å². The zero-order valence-electron chi connectivity index (χ0n) is 9.66. The molecule has 1 aliphatic rings. The van der Waals surface area contributed by atoms with E-state index in [4.69, 9.17) is 4.74 Å². The van der Waals surface area contributed by atoms with Crippen molar-refractivity contribution in [2.45, 2.75) is 45.5 Å². The van der Waals surface area contributed by atoms with Crippen molar-refractivity contribution in [2.24, 2.45) is 0 Å². The van der Waals surface area contributed by atoms with E-state index in [0.29, 0.717) is 12.3 Å². The van der Waals surface area contributed by atoms with Gasteiger partial charge in [-0.1, -0.05) is 26.8 Å². The van der Waals surface area contributed by atoms with Crippen molar-refractivity contribution < 1.29 is 9.84 Å². The first-order valence-electron chi connectivity index (χ1n) is 5.18. The van der Waals surface area contributed by atoms with E-state index < -0.39 is 5.79 Å². The minimum atomic E-state index is -1.23. The highest BCUT2D eigenvalue weighted by atomic mass is 16.6. The SMILES string of the molecule is CC(C)(C)c1ccc2c(n1)C(C)(O)OC2. The maximum Gasteiger partial charge on any atom is 0.207 e. The first-order chi connectivity index (χ1) is 6.81. The molecule has 1 unspecified atom stereocenters. The van der Waals surface area contributed by atoms with E-state index in [1.165, 1.54) is 0 Å². The molecule has 1 aromatic rings. The quantitative estimate of drug-likeness (QED) is 0.708. The molecular formula is C12H17NO2. The number of ether oxygens (including phenoxy) is 1. The van der Waals surface area contributed by atoms with Crippen molar-refractivity contribution in [1.29, 1.82) is 0 Å². The minimum absolute atomic E-state index is 0.00625. The molecule has 0 aliphatic carbocycles. The van der Waals surface area contributed by atoms with E-state index in [-0.39, 0.29) is 5.41 Å². The molecule has 0 bridgehead atoms. The molecule has 3 nitrogen and oxygen atoms in total. The van der Waals surface area contributed by atoms with Crippen molar-refractivity contribution in [3.05, 3.63) is 29.1 Å². The number of pyridine rings is 1. The fourth-order valence-corrected chi connectivity index (χ4v) is 1.71. The third kappa shape index (κ3) is 1.77. The molecule has 1 aliphatic heterocycles. The van der Waals surface area contributed by atoms with E-state index >= 15 is 0 Å². The molecule has 82 valence electrons. The van der Waals surface area contributed by atoms with Gasteiger partial charge in [0.25, 0.3) is 0 Å². The van der Waals surface area contributed by atoms with Crippen LogP contribution in [0.1, 0.15) is 44.6 Å². The maximum atomic E-state index is 9.95. The van der Waals surface area contributed by atoms with E-state index in [1.807, 2.05) is 12.1 Å². The fourth-order valence-electron chi connectivity index (χ4n) is 1.71. The van der Waals surface area contributed by atoms with Gasteiger partial charge in [-0.25, -0.2) is 0 Å². The van der Waals surface area contributed by atoms with Crippen LogP contribution in [-0.2, 0) is 22.5 Å². The second-order valence-corrected chi connectivity index (χ2v) is 5.23. The monoisotopic (exact) mass is 207 g/mol. The smallest absolute Gasteiger partial charge is 0.207 e. The second-order valence-electron chi connectivity index (χ2n) is 5.23. The zero-order valence-corrected chi connectivity index (χ0v) is 9.66. The van der Waals surface area contributed by atoms with Gasteiger partial charge >= 0.3 is 0 Å². The van der Waals surface area contributed by atoms with Gasteiger partial charge in [0.05, 0.1) is 6.61 Å². The Morgan fingerprint density at radius 1 is 1.40 bits per heavy atom. The molecule has 0 aromatic carbocycles. The summed E-state index contributed by atoms with van der Waals surface area (Å²) in [4.78, 5) is 4.50. The number of hydrogen-bond acceptors (Lipinski definition) is 3. The summed E-state index contributed by atoms with van der Waals surface area (Å²) in [6.45, 7) is 8.39. The second kappa shape index (κ2) is 3.03. The van der Waals surface area contributed by atoms with Crippen LogP contribution in [0.15, 0.2) is 12.1 Å². The molecule has 0 spiro atoms. The predicted octanol–water partition coefficient (Wildman–Crippen LogP) is 2.07. The van der Waals surface area contributed by atoms with Crippen molar-refractivity contribution in [1.82, 2.24) is 4.98 Å². The first-order valence-corrected chi connectivity index (χ1v) is 5.18.